The Morgan fingerprint density at radius 3 is 2.80 bits per heavy atom. The van der Waals surface area contributed by atoms with Crippen molar-refractivity contribution in [1.82, 2.24) is 20.2 Å². The van der Waals surface area contributed by atoms with Crippen LogP contribution in [-0.4, -0.2) is 20.2 Å². The van der Waals surface area contributed by atoms with Gasteiger partial charge >= 0.3 is 0 Å². The first-order chi connectivity index (χ1) is 9.59. The third-order valence-corrected chi connectivity index (χ3v) is 4.49. The maximum atomic E-state index is 5.99. The van der Waals surface area contributed by atoms with E-state index < -0.39 is 0 Å². The Morgan fingerprint density at radius 2 is 2.05 bits per heavy atom. The van der Waals surface area contributed by atoms with E-state index in [0.29, 0.717) is 5.41 Å². The summed E-state index contributed by atoms with van der Waals surface area (Å²) in [5.74, 6) is 0.822. The molecule has 0 unspecified atom stereocenters. The van der Waals surface area contributed by atoms with E-state index in [1.165, 1.54) is 25.7 Å². The molecule has 2 aromatic rings. The molecule has 1 aliphatic rings. The van der Waals surface area contributed by atoms with Crippen molar-refractivity contribution in [2.75, 3.05) is 5.73 Å². The van der Waals surface area contributed by atoms with Crippen LogP contribution in [0.1, 0.15) is 38.2 Å². The molecule has 20 heavy (non-hydrogen) atoms. The number of nitrogens with zero attached hydrogens (tertiary/aromatic N) is 4. The highest BCUT2D eigenvalue weighted by atomic mass is 15.5. The van der Waals surface area contributed by atoms with Gasteiger partial charge in [-0.3, -0.25) is 0 Å². The lowest BCUT2D eigenvalue weighted by molar-refractivity contribution is 0.267. The van der Waals surface area contributed by atoms with Crippen LogP contribution < -0.4 is 5.73 Å². The molecule has 0 radical (unpaired) electrons. The Morgan fingerprint density at radius 1 is 1.30 bits per heavy atom. The summed E-state index contributed by atoms with van der Waals surface area (Å²) in [5.41, 5.74) is 9.15. The van der Waals surface area contributed by atoms with Crippen LogP contribution in [0.4, 0.5) is 5.69 Å². The molecule has 1 aromatic heterocycles. The second-order valence-corrected chi connectivity index (χ2v) is 6.20. The summed E-state index contributed by atoms with van der Waals surface area (Å²) in [6, 6.07) is 5.89. The molecule has 1 fully saturated rings. The molecule has 1 heterocycles. The lowest BCUT2D eigenvalue weighted by atomic mass is 9.89. The van der Waals surface area contributed by atoms with Crippen molar-refractivity contribution in [1.29, 1.82) is 0 Å². The van der Waals surface area contributed by atoms with Crippen molar-refractivity contribution in [3.63, 3.8) is 0 Å². The Hall–Kier alpha value is -1.91. The molecule has 5 nitrogen and oxygen atoms in total. The molecule has 3 rings (SSSR count). The molecular weight excluding hydrogens is 250 g/mol. The second-order valence-electron chi connectivity index (χ2n) is 6.20. The number of rotatable bonds is 3. The van der Waals surface area contributed by atoms with Gasteiger partial charge in [-0.2, -0.15) is 0 Å². The van der Waals surface area contributed by atoms with Crippen LogP contribution in [0.15, 0.2) is 18.2 Å². The molecule has 1 aliphatic carbocycles. The Balaban J connectivity index is 1.96. The highest BCUT2D eigenvalue weighted by molar-refractivity contribution is 5.67. The first-order valence-corrected chi connectivity index (χ1v) is 7.21. The molecule has 0 spiro atoms. The average molecular weight is 271 g/mol. The fourth-order valence-electron chi connectivity index (χ4n) is 3.15. The largest absolute Gasteiger partial charge is 0.398 e. The normalized spacial score (nSPS) is 17.5. The number of anilines is 1. The van der Waals surface area contributed by atoms with E-state index >= 15 is 0 Å². The van der Waals surface area contributed by atoms with Crippen molar-refractivity contribution >= 4 is 5.69 Å². The summed E-state index contributed by atoms with van der Waals surface area (Å²) < 4.78 is 1.94. The summed E-state index contributed by atoms with van der Waals surface area (Å²) in [6.45, 7) is 5.22. The van der Waals surface area contributed by atoms with E-state index in [9.17, 15) is 0 Å². The number of benzene rings is 1. The molecule has 0 atom stereocenters. The summed E-state index contributed by atoms with van der Waals surface area (Å²) in [4.78, 5) is 0. The predicted octanol–water partition coefficient (Wildman–Crippen LogP) is 2.81. The molecule has 0 aliphatic heterocycles. The number of hydrogen-bond donors (Lipinski definition) is 1. The minimum Gasteiger partial charge on any atom is -0.398 e. The van der Waals surface area contributed by atoms with E-state index in [0.717, 1.165) is 29.2 Å². The minimum atomic E-state index is 0.318. The van der Waals surface area contributed by atoms with E-state index in [1.807, 2.05) is 29.8 Å². The standard InChI is InChI=1S/C15H21N5/c1-11-12(6-5-7-13(11)16)14-17-18-19-20(14)10-15(2)8-3-4-9-15/h5-7H,3-4,8-10,16H2,1-2H3. The zero-order valence-electron chi connectivity index (χ0n) is 12.1. The second kappa shape index (κ2) is 4.89. The molecule has 106 valence electrons. The van der Waals surface area contributed by atoms with E-state index in [2.05, 4.69) is 22.4 Å². The van der Waals surface area contributed by atoms with Gasteiger partial charge in [-0.05, 0) is 47.2 Å². The van der Waals surface area contributed by atoms with Crippen LogP contribution in [0.2, 0.25) is 0 Å². The zero-order chi connectivity index (χ0) is 14.2. The lowest BCUT2D eigenvalue weighted by Gasteiger charge is -2.23. The summed E-state index contributed by atoms with van der Waals surface area (Å²) >= 11 is 0. The summed E-state index contributed by atoms with van der Waals surface area (Å²) in [5, 5.41) is 12.3. The quantitative estimate of drug-likeness (QED) is 0.871. The molecule has 2 N–H and O–H groups in total. The average Bonchev–Trinajstić information content (AvgIpc) is 3.03. The van der Waals surface area contributed by atoms with Gasteiger partial charge in [0.1, 0.15) is 0 Å². The molecular formula is C15H21N5. The van der Waals surface area contributed by atoms with Gasteiger partial charge < -0.3 is 5.73 Å². The maximum absolute atomic E-state index is 5.99. The van der Waals surface area contributed by atoms with E-state index in [4.69, 9.17) is 5.73 Å². The number of hydrogen-bond acceptors (Lipinski definition) is 4. The first kappa shape index (κ1) is 13.1. The monoisotopic (exact) mass is 271 g/mol. The smallest absolute Gasteiger partial charge is 0.182 e. The molecule has 1 saturated carbocycles. The van der Waals surface area contributed by atoms with Crippen LogP contribution >= 0.6 is 0 Å². The maximum Gasteiger partial charge on any atom is 0.182 e. The number of nitrogen functional groups attached to an aromatic ring is 1. The fourth-order valence-corrected chi connectivity index (χ4v) is 3.15. The zero-order valence-corrected chi connectivity index (χ0v) is 12.1. The molecule has 1 aromatic carbocycles. The van der Waals surface area contributed by atoms with Gasteiger partial charge in [0.2, 0.25) is 0 Å². The third-order valence-electron chi connectivity index (χ3n) is 4.49. The number of tetrazole rings is 1. The van der Waals surface area contributed by atoms with Crippen molar-refractivity contribution in [2.24, 2.45) is 5.41 Å². The summed E-state index contributed by atoms with van der Waals surface area (Å²) in [7, 11) is 0. The number of nitrogens with two attached hydrogens (primary N) is 1. The van der Waals surface area contributed by atoms with Gasteiger partial charge in [-0.15, -0.1) is 5.10 Å². The Kier molecular flexibility index (Phi) is 3.20. The van der Waals surface area contributed by atoms with Gasteiger partial charge in [0, 0.05) is 11.3 Å². The SMILES string of the molecule is Cc1c(N)cccc1-c1nnnn1CC1(C)CCCC1. The Bertz CT molecular complexity index is 610. The van der Waals surface area contributed by atoms with Crippen LogP contribution in [-0.2, 0) is 6.54 Å². The fraction of sp³-hybridized carbons (Fsp3) is 0.533. The van der Waals surface area contributed by atoms with Crippen LogP contribution in [0.3, 0.4) is 0 Å². The molecule has 0 saturated heterocycles. The summed E-state index contributed by atoms with van der Waals surface area (Å²) in [6.07, 6.45) is 5.13. The predicted molar refractivity (Wildman–Crippen MR) is 79.0 cm³/mol. The highest BCUT2D eigenvalue weighted by Gasteiger charge is 2.30. The van der Waals surface area contributed by atoms with Crippen molar-refractivity contribution in [3.05, 3.63) is 23.8 Å². The van der Waals surface area contributed by atoms with Gasteiger partial charge in [0.05, 0.1) is 6.54 Å². The first-order valence-electron chi connectivity index (χ1n) is 7.21. The molecule has 0 bridgehead atoms. The van der Waals surface area contributed by atoms with Crippen molar-refractivity contribution in [2.45, 2.75) is 46.1 Å². The van der Waals surface area contributed by atoms with Gasteiger partial charge in [-0.25, -0.2) is 4.68 Å². The highest BCUT2D eigenvalue weighted by Crippen LogP contribution is 2.39. The molecule has 5 heteroatoms. The topological polar surface area (TPSA) is 69.6 Å². The third kappa shape index (κ3) is 2.28. The van der Waals surface area contributed by atoms with E-state index in [1.54, 1.807) is 0 Å². The lowest BCUT2D eigenvalue weighted by Crippen LogP contribution is -2.21. The van der Waals surface area contributed by atoms with Gasteiger partial charge in [0.25, 0.3) is 0 Å². The van der Waals surface area contributed by atoms with E-state index in [-0.39, 0.29) is 0 Å². The van der Waals surface area contributed by atoms with Gasteiger partial charge in [-0.1, -0.05) is 31.9 Å². The van der Waals surface area contributed by atoms with Crippen LogP contribution in [0, 0.1) is 12.3 Å². The van der Waals surface area contributed by atoms with Crippen molar-refractivity contribution in [3.8, 4) is 11.4 Å². The Labute approximate surface area is 119 Å². The number of aromatic nitrogens is 4. The minimum absolute atomic E-state index is 0.318. The molecule has 0 amide bonds. The van der Waals surface area contributed by atoms with Crippen LogP contribution in [0.25, 0.3) is 11.4 Å². The van der Waals surface area contributed by atoms with Crippen LogP contribution in [0.5, 0.6) is 0 Å². The van der Waals surface area contributed by atoms with Gasteiger partial charge in [0.15, 0.2) is 5.82 Å². The van der Waals surface area contributed by atoms with Crippen molar-refractivity contribution < 1.29 is 0 Å².